The van der Waals surface area contributed by atoms with Crippen LogP contribution in [-0.2, 0) is 6.42 Å². The van der Waals surface area contributed by atoms with E-state index in [4.69, 9.17) is 17.3 Å². The zero-order chi connectivity index (χ0) is 13.3. The zero-order valence-electron chi connectivity index (χ0n) is 11.5. The van der Waals surface area contributed by atoms with Crippen molar-refractivity contribution in [1.82, 2.24) is 0 Å². The van der Waals surface area contributed by atoms with Gasteiger partial charge in [-0.1, -0.05) is 32.4 Å². The highest BCUT2D eigenvalue weighted by molar-refractivity contribution is 6.33. The van der Waals surface area contributed by atoms with Crippen molar-refractivity contribution in [1.29, 1.82) is 0 Å². The molecule has 1 heterocycles. The van der Waals surface area contributed by atoms with Gasteiger partial charge in [0.05, 0.1) is 10.7 Å². The quantitative estimate of drug-likeness (QED) is 0.821. The molecule has 0 saturated carbocycles. The van der Waals surface area contributed by atoms with Gasteiger partial charge in [-0.25, -0.2) is 0 Å². The van der Waals surface area contributed by atoms with E-state index in [1.54, 1.807) is 0 Å². The molecule has 1 saturated heterocycles. The molecule has 18 heavy (non-hydrogen) atoms. The summed E-state index contributed by atoms with van der Waals surface area (Å²) < 4.78 is 0. The van der Waals surface area contributed by atoms with Gasteiger partial charge in [0.15, 0.2) is 0 Å². The Morgan fingerprint density at radius 2 is 1.89 bits per heavy atom. The summed E-state index contributed by atoms with van der Waals surface area (Å²) in [5.41, 5.74) is 9.11. The summed E-state index contributed by atoms with van der Waals surface area (Å²) in [6, 6.07) is 3.94. The Morgan fingerprint density at radius 3 is 2.44 bits per heavy atom. The first-order valence-electron chi connectivity index (χ1n) is 6.84. The first kappa shape index (κ1) is 13.5. The van der Waals surface area contributed by atoms with Crippen LogP contribution in [0.4, 0.5) is 11.4 Å². The van der Waals surface area contributed by atoms with E-state index in [0.717, 1.165) is 42.1 Å². The number of rotatable bonds is 2. The standard InChI is InChI=1S/C15H23ClN2/c1-4-12-6-13(17)7-14(16)15(12)18-8-10(2)5-11(3)9-18/h6-7,10-11H,4-5,8-9,17H2,1-3H3/t10-,11-/m0/s1. The molecular weight excluding hydrogens is 244 g/mol. The molecule has 0 radical (unpaired) electrons. The molecule has 0 aromatic heterocycles. The van der Waals surface area contributed by atoms with Gasteiger partial charge in [0.2, 0.25) is 0 Å². The molecule has 2 N–H and O–H groups in total. The van der Waals surface area contributed by atoms with Crippen LogP contribution in [0.1, 0.15) is 32.8 Å². The van der Waals surface area contributed by atoms with Crippen LogP contribution in [0.3, 0.4) is 0 Å². The molecular formula is C15H23ClN2. The molecule has 1 aromatic rings. The number of hydrogen-bond donors (Lipinski definition) is 1. The highest BCUT2D eigenvalue weighted by Gasteiger charge is 2.24. The highest BCUT2D eigenvalue weighted by Crippen LogP contribution is 2.36. The van der Waals surface area contributed by atoms with E-state index in [2.05, 4.69) is 31.7 Å². The van der Waals surface area contributed by atoms with Crippen LogP contribution in [0.15, 0.2) is 12.1 Å². The van der Waals surface area contributed by atoms with Crippen molar-refractivity contribution >= 4 is 23.0 Å². The van der Waals surface area contributed by atoms with Crippen LogP contribution in [0.5, 0.6) is 0 Å². The minimum Gasteiger partial charge on any atom is -0.399 e. The maximum atomic E-state index is 6.42. The highest BCUT2D eigenvalue weighted by atomic mass is 35.5. The fraction of sp³-hybridized carbons (Fsp3) is 0.600. The Morgan fingerprint density at radius 1 is 1.28 bits per heavy atom. The largest absolute Gasteiger partial charge is 0.399 e. The second-order valence-corrected chi connectivity index (χ2v) is 6.12. The molecule has 100 valence electrons. The van der Waals surface area contributed by atoms with Crippen molar-refractivity contribution in [2.45, 2.75) is 33.6 Å². The van der Waals surface area contributed by atoms with Gasteiger partial charge in [0, 0.05) is 18.8 Å². The van der Waals surface area contributed by atoms with E-state index in [0.29, 0.717) is 0 Å². The third-order valence-electron chi connectivity index (χ3n) is 3.73. The van der Waals surface area contributed by atoms with E-state index in [1.807, 2.05) is 6.07 Å². The topological polar surface area (TPSA) is 29.3 Å². The molecule has 2 nitrogen and oxygen atoms in total. The minimum atomic E-state index is 0.729. The number of aryl methyl sites for hydroxylation is 1. The lowest BCUT2D eigenvalue weighted by Gasteiger charge is -2.38. The summed E-state index contributed by atoms with van der Waals surface area (Å²) in [7, 11) is 0. The summed E-state index contributed by atoms with van der Waals surface area (Å²) in [6.45, 7) is 8.99. The van der Waals surface area contributed by atoms with Crippen LogP contribution < -0.4 is 10.6 Å². The van der Waals surface area contributed by atoms with Crippen LogP contribution in [0.25, 0.3) is 0 Å². The van der Waals surface area contributed by atoms with Gasteiger partial charge in [-0.15, -0.1) is 0 Å². The van der Waals surface area contributed by atoms with Gasteiger partial charge >= 0.3 is 0 Å². The van der Waals surface area contributed by atoms with E-state index in [9.17, 15) is 0 Å². The first-order chi connectivity index (χ1) is 8.51. The number of benzene rings is 1. The Kier molecular flexibility index (Phi) is 4.06. The van der Waals surface area contributed by atoms with Crippen LogP contribution in [0, 0.1) is 11.8 Å². The van der Waals surface area contributed by atoms with Crippen molar-refractivity contribution in [2.75, 3.05) is 23.7 Å². The third-order valence-corrected chi connectivity index (χ3v) is 4.02. The maximum absolute atomic E-state index is 6.42. The summed E-state index contributed by atoms with van der Waals surface area (Å²) in [5, 5.41) is 0.799. The molecule has 3 heteroatoms. The van der Waals surface area contributed by atoms with Crippen LogP contribution >= 0.6 is 11.6 Å². The first-order valence-corrected chi connectivity index (χ1v) is 7.21. The Balaban J connectivity index is 2.37. The molecule has 1 fully saturated rings. The van der Waals surface area contributed by atoms with Crippen LogP contribution in [0.2, 0.25) is 5.02 Å². The van der Waals surface area contributed by atoms with Gasteiger partial charge < -0.3 is 10.6 Å². The molecule has 2 atom stereocenters. The monoisotopic (exact) mass is 266 g/mol. The molecule has 0 spiro atoms. The predicted octanol–water partition coefficient (Wildman–Crippen LogP) is 3.97. The van der Waals surface area contributed by atoms with Crippen molar-refractivity contribution < 1.29 is 0 Å². The third kappa shape index (κ3) is 2.74. The molecule has 0 unspecified atom stereocenters. The van der Waals surface area contributed by atoms with Gasteiger partial charge in [-0.3, -0.25) is 0 Å². The number of nitrogen functional groups attached to an aromatic ring is 1. The smallest absolute Gasteiger partial charge is 0.0662 e. The van der Waals surface area contributed by atoms with Crippen molar-refractivity contribution in [3.63, 3.8) is 0 Å². The lowest BCUT2D eigenvalue weighted by atomic mass is 9.91. The lowest BCUT2D eigenvalue weighted by molar-refractivity contribution is 0.356. The lowest BCUT2D eigenvalue weighted by Crippen LogP contribution is -2.39. The SMILES string of the molecule is CCc1cc(N)cc(Cl)c1N1C[C@@H](C)C[C@H](C)C1. The maximum Gasteiger partial charge on any atom is 0.0662 e. The fourth-order valence-electron chi connectivity index (χ4n) is 3.15. The summed E-state index contributed by atoms with van der Waals surface area (Å²) in [4.78, 5) is 2.44. The Hall–Kier alpha value is -0.890. The van der Waals surface area contributed by atoms with Crippen molar-refractivity contribution in [3.05, 3.63) is 22.7 Å². The van der Waals surface area contributed by atoms with E-state index in [1.165, 1.54) is 17.7 Å². The number of anilines is 2. The fourth-order valence-corrected chi connectivity index (χ4v) is 3.52. The Labute approximate surface area is 115 Å². The zero-order valence-corrected chi connectivity index (χ0v) is 12.3. The van der Waals surface area contributed by atoms with Crippen molar-refractivity contribution in [2.24, 2.45) is 11.8 Å². The molecule has 1 aromatic carbocycles. The average molecular weight is 267 g/mol. The van der Waals surface area contributed by atoms with Gasteiger partial charge in [-0.2, -0.15) is 0 Å². The summed E-state index contributed by atoms with van der Waals surface area (Å²) in [6.07, 6.45) is 2.28. The summed E-state index contributed by atoms with van der Waals surface area (Å²) >= 11 is 6.42. The van der Waals surface area contributed by atoms with Crippen LogP contribution in [-0.4, -0.2) is 13.1 Å². The number of nitrogens with two attached hydrogens (primary N) is 1. The number of hydrogen-bond acceptors (Lipinski definition) is 2. The second-order valence-electron chi connectivity index (χ2n) is 5.72. The predicted molar refractivity (Wildman–Crippen MR) is 80.4 cm³/mol. The number of halogens is 1. The van der Waals surface area contributed by atoms with E-state index in [-0.39, 0.29) is 0 Å². The molecule has 2 rings (SSSR count). The summed E-state index contributed by atoms with van der Waals surface area (Å²) in [5.74, 6) is 1.46. The van der Waals surface area contributed by atoms with Gasteiger partial charge in [-0.05, 0) is 42.4 Å². The molecule has 0 aliphatic carbocycles. The normalized spacial score (nSPS) is 24.3. The number of nitrogens with zero attached hydrogens (tertiary/aromatic N) is 1. The van der Waals surface area contributed by atoms with E-state index < -0.39 is 0 Å². The van der Waals surface area contributed by atoms with Gasteiger partial charge in [0.1, 0.15) is 0 Å². The molecule has 0 amide bonds. The Bertz CT molecular complexity index is 421. The molecule has 0 bridgehead atoms. The van der Waals surface area contributed by atoms with Gasteiger partial charge in [0.25, 0.3) is 0 Å². The molecule has 1 aliphatic heterocycles. The number of piperidine rings is 1. The average Bonchev–Trinajstić information content (AvgIpc) is 2.26. The minimum absolute atomic E-state index is 0.729. The molecule has 1 aliphatic rings. The second kappa shape index (κ2) is 5.40. The van der Waals surface area contributed by atoms with Crippen molar-refractivity contribution in [3.8, 4) is 0 Å². The van der Waals surface area contributed by atoms with E-state index >= 15 is 0 Å².